The molecule has 0 aliphatic carbocycles. The quantitative estimate of drug-likeness (QED) is 0.850. The van der Waals surface area contributed by atoms with Crippen LogP contribution in [0.25, 0.3) is 0 Å². The predicted octanol–water partition coefficient (Wildman–Crippen LogP) is 2.66. The van der Waals surface area contributed by atoms with Crippen LogP contribution < -0.4 is 10.2 Å². The summed E-state index contributed by atoms with van der Waals surface area (Å²) in [5.74, 6) is 0.250. The highest BCUT2D eigenvalue weighted by atomic mass is 16.6. The van der Waals surface area contributed by atoms with E-state index in [-0.39, 0.29) is 5.91 Å². The normalized spacial score (nSPS) is 13.3. The highest BCUT2D eigenvalue weighted by Crippen LogP contribution is 2.28. The zero-order valence-corrected chi connectivity index (χ0v) is 11.5. The van der Waals surface area contributed by atoms with Gasteiger partial charge >= 0.3 is 0 Å². The van der Waals surface area contributed by atoms with Gasteiger partial charge in [-0.05, 0) is 19.1 Å². The monoisotopic (exact) mass is 271 g/mol. The number of rotatable bonds is 5. The molecule has 1 amide bonds. The van der Waals surface area contributed by atoms with Crippen molar-refractivity contribution < 1.29 is 14.4 Å². The number of amides is 1. The van der Waals surface area contributed by atoms with Crippen LogP contribution in [0.5, 0.6) is 5.75 Å². The highest BCUT2D eigenvalue weighted by molar-refractivity contribution is 5.85. The molecule has 20 heavy (non-hydrogen) atoms. The van der Waals surface area contributed by atoms with Gasteiger partial charge < -0.3 is 4.74 Å². The molecule has 104 valence electrons. The molecular weight excluding hydrogens is 254 g/mol. The number of para-hydroxylation sites is 1. The lowest BCUT2D eigenvalue weighted by Crippen LogP contribution is -2.46. The first kappa shape index (κ1) is 14.1. The lowest BCUT2D eigenvalue weighted by atomic mass is 9.95. The summed E-state index contributed by atoms with van der Waals surface area (Å²) in [7, 11) is 1.39. The molecule has 1 unspecified atom stereocenters. The van der Waals surface area contributed by atoms with Gasteiger partial charge in [-0.25, -0.2) is 5.48 Å². The zero-order valence-electron chi connectivity index (χ0n) is 11.5. The molecule has 0 spiro atoms. The standard InChI is InChI=1S/C16H17NO3/c1-16(15(18)17-19-2,13-9-5-3-6-10-13)20-14-11-7-4-8-12-14/h3-12H,1-2H3,(H,17,18). The van der Waals surface area contributed by atoms with E-state index in [1.807, 2.05) is 48.5 Å². The third-order valence-corrected chi connectivity index (χ3v) is 3.02. The van der Waals surface area contributed by atoms with E-state index in [4.69, 9.17) is 9.57 Å². The smallest absolute Gasteiger partial charge is 0.292 e. The molecule has 1 N–H and O–H groups in total. The number of hydroxylamine groups is 1. The second-order valence-electron chi connectivity index (χ2n) is 4.45. The average molecular weight is 271 g/mol. The maximum Gasteiger partial charge on any atom is 0.292 e. The average Bonchev–Trinajstić information content (AvgIpc) is 2.49. The number of hydrogen-bond donors (Lipinski definition) is 1. The van der Waals surface area contributed by atoms with Crippen LogP contribution in [-0.2, 0) is 15.2 Å². The van der Waals surface area contributed by atoms with Crippen molar-refractivity contribution in [3.8, 4) is 5.75 Å². The Bertz CT molecular complexity index is 556. The van der Waals surface area contributed by atoms with Gasteiger partial charge in [0, 0.05) is 5.56 Å². The lowest BCUT2D eigenvalue weighted by Gasteiger charge is -2.29. The zero-order chi connectivity index (χ0) is 14.4. The van der Waals surface area contributed by atoms with Crippen molar-refractivity contribution in [1.29, 1.82) is 0 Å². The third-order valence-electron chi connectivity index (χ3n) is 3.02. The highest BCUT2D eigenvalue weighted by Gasteiger charge is 2.38. The number of carbonyl (C=O) groups excluding carboxylic acids is 1. The molecule has 4 nitrogen and oxygen atoms in total. The van der Waals surface area contributed by atoms with Gasteiger partial charge in [-0.2, -0.15) is 0 Å². The van der Waals surface area contributed by atoms with E-state index in [1.54, 1.807) is 19.1 Å². The minimum atomic E-state index is -1.17. The summed E-state index contributed by atoms with van der Waals surface area (Å²) in [5.41, 5.74) is 1.92. The first-order valence-electron chi connectivity index (χ1n) is 6.30. The fraction of sp³-hybridized carbons (Fsp3) is 0.188. The van der Waals surface area contributed by atoms with Crippen LogP contribution in [-0.4, -0.2) is 13.0 Å². The van der Waals surface area contributed by atoms with Gasteiger partial charge in [0.05, 0.1) is 7.11 Å². The molecule has 0 heterocycles. The number of nitrogens with one attached hydrogen (secondary N) is 1. The summed E-state index contributed by atoms with van der Waals surface area (Å²) in [5, 5.41) is 0. The Labute approximate surface area is 118 Å². The van der Waals surface area contributed by atoms with Crippen molar-refractivity contribution in [2.24, 2.45) is 0 Å². The van der Waals surface area contributed by atoms with E-state index in [0.717, 1.165) is 5.56 Å². The number of carbonyl (C=O) groups is 1. The van der Waals surface area contributed by atoms with Gasteiger partial charge in [0.15, 0.2) is 0 Å². The molecule has 0 fully saturated rings. The van der Waals surface area contributed by atoms with E-state index in [9.17, 15) is 4.79 Å². The number of benzene rings is 2. The summed E-state index contributed by atoms with van der Waals surface area (Å²) >= 11 is 0. The van der Waals surface area contributed by atoms with Crippen LogP contribution >= 0.6 is 0 Å². The number of ether oxygens (including phenoxy) is 1. The Kier molecular flexibility index (Phi) is 4.38. The van der Waals surface area contributed by atoms with E-state index in [1.165, 1.54) is 7.11 Å². The van der Waals surface area contributed by atoms with Crippen molar-refractivity contribution in [3.05, 3.63) is 66.2 Å². The molecule has 0 aliphatic heterocycles. The topological polar surface area (TPSA) is 47.6 Å². The fourth-order valence-electron chi connectivity index (χ4n) is 1.91. The second kappa shape index (κ2) is 6.21. The van der Waals surface area contributed by atoms with Crippen molar-refractivity contribution >= 4 is 5.91 Å². The van der Waals surface area contributed by atoms with E-state index >= 15 is 0 Å². The van der Waals surface area contributed by atoms with E-state index in [2.05, 4.69) is 5.48 Å². The first-order chi connectivity index (χ1) is 9.66. The molecule has 0 saturated carbocycles. The molecule has 0 bridgehead atoms. The van der Waals surface area contributed by atoms with Crippen LogP contribution in [0.2, 0.25) is 0 Å². The molecule has 0 aliphatic rings. The van der Waals surface area contributed by atoms with Gasteiger partial charge in [-0.3, -0.25) is 9.63 Å². The molecule has 0 saturated heterocycles. The van der Waals surface area contributed by atoms with Crippen molar-refractivity contribution in [2.45, 2.75) is 12.5 Å². The molecule has 1 atom stereocenters. The molecule has 2 aromatic rings. The summed E-state index contributed by atoms with van der Waals surface area (Å²) in [4.78, 5) is 17.0. The minimum Gasteiger partial charge on any atom is -0.473 e. The van der Waals surface area contributed by atoms with E-state index in [0.29, 0.717) is 5.75 Å². The van der Waals surface area contributed by atoms with Gasteiger partial charge in [0.2, 0.25) is 5.60 Å². The van der Waals surface area contributed by atoms with Gasteiger partial charge in [-0.1, -0.05) is 48.5 Å². The molecular formula is C16H17NO3. The minimum absolute atomic E-state index is 0.366. The maximum absolute atomic E-state index is 12.3. The van der Waals surface area contributed by atoms with Crippen molar-refractivity contribution in [2.75, 3.05) is 7.11 Å². The van der Waals surface area contributed by atoms with E-state index < -0.39 is 5.60 Å². The SMILES string of the molecule is CONC(=O)C(C)(Oc1ccccc1)c1ccccc1. The Balaban J connectivity index is 2.36. The molecule has 0 aromatic heterocycles. The van der Waals surface area contributed by atoms with Crippen LogP contribution in [0.15, 0.2) is 60.7 Å². The Morgan fingerprint density at radius 1 is 1.00 bits per heavy atom. The summed E-state index contributed by atoms with van der Waals surface area (Å²) < 4.78 is 5.91. The Morgan fingerprint density at radius 3 is 2.10 bits per heavy atom. The summed E-state index contributed by atoms with van der Waals surface area (Å²) in [6.45, 7) is 1.71. The largest absolute Gasteiger partial charge is 0.473 e. The molecule has 2 rings (SSSR count). The second-order valence-corrected chi connectivity index (χ2v) is 4.45. The molecule has 0 radical (unpaired) electrons. The van der Waals surface area contributed by atoms with Crippen LogP contribution in [0.1, 0.15) is 12.5 Å². The lowest BCUT2D eigenvalue weighted by molar-refractivity contribution is -0.147. The summed E-state index contributed by atoms with van der Waals surface area (Å²) in [6.07, 6.45) is 0. The van der Waals surface area contributed by atoms with Crippen LogP contribution in [0, 0.1) is 0 Å². The van der Waals surface area contributed by atoms with Crippen molar-refractivity contribution in [1.82, 2.24) is 5.48 Å². The first-order valence-corrected chi connectivity index (χ1v) is 6.30. The third kappa shape index (κ3) is 2.97. The predicted molar refractivity (Wildman–Crippen MR) is 76.0 cm³/mol. The van der Waals surface area contributed by atoms with Gasteiger partial charge in [0.25, 0.3) is 5.91 Å². The summed E-state index contributed by atoms with van der Waals surface area (Å²) in [6, 6.07) is 18.5. The van der Waals surface area contributed by atoms with Gasteiger partial charge in [-0.15, -0.1) is 0 Å². The number of hydrogen-bond acceptors (Lipinski definition) is 3. The molecule has 2 aromatic carbocycles. The maximum atomic E-state index is 12.3. The fourth-order valence-corrected chi connectivity index (χ4v) is 1.91. The van der Waals surface area contributed by atoms with Crippen LogP contribution in [0.4, 0.5) is 0 Å². The molecule has 4 heteroatoms. The van der Waals surface area contributed by atoms with Gasteiger partial charge in [0.1, 0.15) is 5.75 Å². The van der Waals surface area contributed by atoms with Crippen molar-refractivity contribution in [3.63, 3.8) is 0 Å². The Hall–Kier alpha value is -2.33. The van der Waals surface area contributed by atoms with Crippen LogP contribution in [0.3, 0.4) is 0 Å². The Morgan fingerprint density at radius 2 is 1.55 bits per heavy atom.